The van der Waals surface area contributed by atoms with Crippen molar-refractivity contribution in [3.05, 3.63) is 35.4 Å². The number of nitrogens with one attached hydrogen (secondary N) is 1. The molecule has 1 aromatic rings. The predicted octanol–water partition coefficient (Wildman–Crippen LogP) is 3.13. The summed E-state index contributed by atoms with van der Waals surface area (Å²) in [7, 11) is 0. The van der Waals surface area contributed by atoms with Gasteiger partial charge in [-0.2, -0.15) is 0 Å². The fourth-order valence-corrected chi connectivity index (χ4v) is 4.29. The molecule has 134 valence electrons. The molecule has 2 aliphatic rings. The molecule has 5 heteroatoms. The van der Waals surface area contributed by atoms with Gasteiger partial charge >= 0.3 is 0 Å². The SMILES string of the molecule is Cc1ccc(C(C)NC(=O)C2(N)C3CCCOC3C2(C)C)cc1.Cl. The van der Waals surface area contributed by atoms with Gasteiger partial charge in [0, 0.05) is 17.9 Å². The summed E-state index contributed by atoms with van der Waals surface area (Å²) in [5.41, 5.74) is 7.76. The van der Waals surface area contributed by atoms with Gasteiger partial charge in [-0.3, -0.25) is 4.79 Å². The van der Waals surface area contributed by atoms with E-state index in [0.717, 1.165) is 25.0 Å². The van der Waals surface area contributed by atoms with Crippen LogP contribution in [0, 0.1) is 18.3 Å². The molecule has 2 fully saturated rings. The Morgan fingerprint density at radius 2 is 1.96 bits per heavy atom. The Hall–Kier alpha value is -1.10. The summed E-state index contributed by atoms with van der Waals surface area (Å²) in [5.74, 6) is 0.0683. The second-order valence-electron chi connectivity index (χ2n) is 7.74. The highest BCUT2D eigenvalue weighted by Gasteiger charge is 2.70. The molecular formula is C19H29ClN2O2. The molecule has 3 N–H and O–H groups in total. The molecule has 4 nitrogen and oxygen atoms in total. The van der Waals surface area contributed by atoms with E-state index >= 15 is 0 Å². The molecule has 0 aromatic heterocycles. The van der Waals surface area contributed by atoms with Crippen molar-refractivity contribution in [1.29, 1.82) is 0 Å². The minimum Gasteiger partial charge on any atom is -0.377 e. The summed E-state index contributed by atoms with van der Waals surface area (Å²) >= 11 is 0. The first-order valence-corrected chi connectivity index (χ1v) is 8.56. The van der Waals surface area contributed by atoms with Crippen LogP contribution in [0.25, 0.3) is 0 Å². The van der Waals surface area contributed by atoms with Crippen LogP contribution in [0.3, 0.4) is 0 Å². The average Bonchev–Trinajstić information content (AvgIpc) is 2.54. The van der Waals surface area contributed by atoms with Crippen molar-refractivity contribution >= 4 is 18.3 Å². The number of benzene rings is 1. The highest BCUT2D eigenvalue weighted by Crippen LogP contribution is 2.57. The summed E-state index contributed by atoms with van der Waals surface area (Å²) in [6, 6.07) is 8.19. The first kappa shape index (κ1) is 19.2. The van der Waals surface area contributed by atoms with Crippen LogP contribution in [0.5, 0.6) is 0 Å². The number of rotatable bonds is 3. The van der Waals surface area contributed by atoms with E-state index in [1.54, 1.807) is 0 Å². The Balaban J connectivity index is 0.00000208. The lowest BCUT2D eigenvalue weighted by Gasteiger charge is -2.65. The van der Waals surface area contributed by atoms with Crippen LogP contribution >= 0.6 is 12.4 Å². The molecule has 1 saturated carbocycles. The third kappa shape index (κ3) is 2.75. The van der Waals surface area contributed by atoms with Crippen molar-refractivity contribution in [3.63, 3.8) is 0 Å². The summed E-state index contributed by atoms with van der Waals surface area (Å²) in [5, 5.41) is 3.13. The zero-order valence-corrected chi connectivity index (χ0v) is 15.8. The van der Waals surface area contributed by atoms with Gasteiger partial charge in [-0.15, -0.1) is 12.4 Å². The van der Waals surface area contributed by atoms with Crippen LogP contribution < -0.4 is 11.1 Å². The maximum atomic E-state index is 13.0. The Kier molecular flexibility index (Phi) is 5.34. The smallest absolute Gasteiger partial charge is 0.241 e. The normalized spacial score (nSPS) is 31.9. The van der Waals surface area contributed by atoms with Gasteiger partial charge in [0.2, 0.25) is 5.91 Å². The topological polar surface area (TPSA) is 64.4 Å². The number of halogens is 1. The number of hydrogen-bond donors (Lipinski definition) is 2. The standard InChI is InChI=1S/C19H28N2O2.ClH/c1-12-7-9-14(10-8-12)13(2)21-17(22)19(20)15-6-5-11-23-16(15)18(19,3)4;/h7-10,13,15-16H,5-6,11,20H2,1-4H3,(H,21,22);1H. The molecular weight excluding hydrogens is 324 g/mol. The van der Waals surface area contributed by atoms with Crippen LogP contribution in [0.15, 0.2) is 24.3 Å². The first-order chi connectivity index (χ1) is 10.8. The molecule has 1 saturated heterocycles. The van der Waals surface area contributed by atoms with Gasteiger partial charge in [-0.1, -0.05) is 43.7 Å². The van der Waals surface area contributed by atoms with E-state index < -0.39 is 5.54 Å². The summed E-state index contributed by atoms with van der Waals surface area (Å²) in [4.78, 5) is 13.0. The maximum absolute atomic E-state index is 13.0. The number of nitrogens with two attached hydrogens (primary N) is 1. The monoisotopic (exact) mass is 352 g/mol. The average molecular weight is 353 g/mol. The van der Waals surface area contributed by atoms with Gasteiger partial charge in [0.05, 0.1) is 12.1 Å². The van der Waals surface area contributed by atoms with E-state index in [2.05, 4.69) is 50.4 Å². The van der Waals surface area contributed by atoms with Crippen LogP contribution in [0.1, 0.15) is 50.8 Å². The van der Waals surface area contributed by atoms with Gasteiger partial charge in [-0.25, -0.2) is 0 Å². The number of aryl methyl sites for hydroxylation is 1. The van der Waals surface area contributed by atoms with Crippen molar-refractivity contribution in [2.75, 3.05) is 6.61 Å². The third-order valence-electron chi connectivity index (χ3n) is 5.99. The lowest BCUT2D eigenvalue weighted by molar-refractivity contribution is -0.225. The maximum Gasteiger partial charge on any atom is 0.241 e. The zero-order valence-electron chi connectivity index (χ0n) is 15.0. The number of hydrogen-bond acceptors (Lipinski definition) is 3. The van der Waals surface area contributed by atoms with E-state index in [1.807, 2.05) is 6.92 Å². The molecule has 24 heavy (non-hydrogen) atoms. The molecule has 1 aliphatic heterocycles. The molecule has 1 amide bonds. The predicted molar refractivity (Wildman–Crippen MR) is 98.1 cm³/mol. The van der Waals surface area contributed by atoms with E-state index in [9.17, 15) is 4.79 Å². The van der Waals surface area contributed by atoms with E-state index in [4.69, 9.17) is 10.5 Å². The van der Waals surface area contributed by atoms with E-state index in [1.165, 1.54) is 5.56 Å². The van der Waals surface area contributed by atoms with Gasteiger partial charge in [0.25, 0.3) is 0 Å². The van der Waals surface area contributed by atoms with Crippen molar-refractivity contribution < 1.29 is 9.53 Å². The third-order valence-corrected chi connectivity index (χ3v) is 5.99. The second-order valence-corrected chi connectivity index (χ2v) is 7.74. The number of carbonyl (C=O) groups is 1. The number of ether oxygens (including phenoxy) is 1. The Morgan fingerprint density at radius 3 is 2.58 bits per heavy atom. The fourth-order valence-electron chi connectivity index (χ4n) is 4.29. The Labute approximate surface area is 150 Å². The largest absolute Gasteiger partial charge is 0.377 e. The number of amides is 1. The highest BCUT2D eigenvalue weighted by atomic mass is 35.5. The first-order valence-electron chi connectivity index (χ1n) is 8.56. The van der Waals surface area contributed by atoms with Crippen molar-refractivity contribution in [2.24, 2.45) is 17.1 Å². The minimum atomic E-state index is -0.850. The number of fused-ring (bicyclic) bond motifs is 1. The molecule has 4 atom stereocenters. The Morgan fingerprint density at radius 1 is 1.33 bits per heavy atom. The molecule has 0 bridgehead atoms. The van der Waals surface area contributed by atoms with Crippen LogP contribution in [0.4, 0.5) is 0 Å². The van der Waals surface area contributed by atoms with Gasteiger partial charge in [0.15, 0.2) is 0 Å². The highest BCUT2D eigenvalue weighted by molar-refractivity contribution is 5.89. The Bertz CT molecular complexity index is 602. The van der Waals surface area contributed by atoms with Crippen LogP contribution in [0.2, 0.25) is 0 Å². The lowest BCUT2D eigenvalue weighted by atomic mass is 9.46. The van der Waals surface area contributed by atoms with Gasteiger partial charge in [-0.05, 0) is 32.3 Å². The summed E-state index contributed by atoms with van der Waals surface area (Å²) in [6.45, 7) is 8.95. The van der Waals surface area contributed by atoms with Crippen LogP contribution in [-0.2, 0) is 9.53 Å². The van der Waals surface area contributed by atoms with E-state index in [0.29, 0.717) is 0 Å². The molecule has 3 rings (SSSR count). The van der Waals surface area contributed by atoms with Crippen molar-refractivity contribution in [3.8, 4) is 0 Å². The molecule has 4 unspecified atom stereocenters. The quantitative estimate of drug-likeness (QED) is 0.878. The summed E-state index contributed by atoms with van der Waals surface area (Å²) < 4.78 is 5.88. The molecule has 1 heterocycles. The second kappa shape index (κ2) is 6.66. The minimum absolute atomic E-state index is 0. The van der Waals surface area contributed by atoms with E-state index in [-0.39, 0.29) is 41.8 Å². The molecule has 1 aromatic carbocycles. The van der Waals surface area contributed by atoms with Crippen LogP contribution in [-0.4, -0.2) is 24.2 Å². The number of carbonyl (C=O) groups excluding carboxylic acids is 1. The summed E-state index contributed by atoms with van der Waals surface area (Å²) in [6.07, 6.45) is 2.05. The molecule has 0 radical (unpaired) electrons. The van der Waals surface area contributed by atoms with Crippen molar-refractivity contribution in [2.45, 2.75) is 58.2 Å². The molecule has 0 spiro atoms. The van der Waals surface area contributed by atoms with Crippen molar-refractivity contribution in [1.82, 2.24) is 5.32 Å². The lowest BCUT2D eigenvalue weighted by Crippen LogP contribution is -2.82. The zero-order chi connectivity index (χ0) is 16.8. The van der Waals surface area contributed by atoms with Gasteiger partial charge in [0.1, 0.15) is 5.54 Å². The molecule has 1 aliphatic carbocycles. The van der Waals surface area contributed by atoms with Gasteiger partial charge < -0.3 is 15.8 Å². The fraction of sp³-hybridized carbons (Fsp3) is 0.632.